The molecule has 5 heteroatoms. The minimum atomic E-state index is -0.536. The highest BCUT2D eigenvalue weighted by molar-refractivity contribution is 6.31. The molecule has 1 amide bonds. The van der Waals surface area contributed by atoms with Crippen LogP contribution in [0, 0.1) is 17.7 Å². The van der Waals surface area contributed by atoms with Crippen LogP contribution in [0.1, 0.15) is 19.3 Å². The van der Waals surface area contributed by atoms with E-state index in [4.69, 9.17) is 11.6 Å². The van der Waals surface area contributed by atoms with Crippen molar-refractivity contribution < 1.29 is 9.18 Å². The number of halogens is 2. The van der Waals surface area contributed by atoms with Gasteiger partial charge in [-0.05, 0) is 43.4 Å². The third kappa shape index (κ3) is 2.21. The lowest BCUT2D eigenvalue weighted by Crippen LogP contribution is -2.45. The van der Waals surface area contributed by atoms with E-state index in [0.717, 1.165) is 13.0 Å². The molecule has 3 atom stereocenters. The fraction of sp³-hybridized carbons (Fsp3) is 0.533. The van der Waals surface area contributed by atoms with Crippen LogP contribution in [0.15, 0.2) is 18.2 Å². The Balaban J connectivity index is 1.81. The average molecular weight is 297 g/mol. The first-order valence-electron chi connectivity index (χ1n) is 7.04. The lowest BCUT2D eigenvalue weighted by atomic mass is 9.93. The van der Waals surface area contributed by atoms with Gasteiger partial charge < -0.3 is 10.2 Å². The number of fused-ring (bicyclic) bond motifs is 1. The summed E-state index contributed by atoms with van der Waals surface area (Å²) in [5.41, 5.74) is 0.241. The summed E-state index contributed by atoms with van der Waals surface area (Å²) in [5, 5.41) is 3.34. The van der Waals surface area contributed by atoms with Gasteiger partial charge in [-0.2, -0.15) is 0 Å². The fourth-order valence-corrected chi connectivity index (χ4v) is 3.71. The second kappa shape index (κ2) is 5.34. The van der Waals surface area contributed by atoms with Crippen molar-refractivity contribution in [3.8, 4) is 0 Å². The Kier molecular flexibility index (Phi) is 3.69. The molecule has 0 aromatic heterocycles. The van der Waals surface area contributed by atoms with Gasteiger partial charge in [0.2, 0.25) is 5.91 Å². The molecule has 20 heavy (non-hydrogen) atoms. The van der Waals surface area contributed by atoms with Crippen LogP contribution in [0.5, 0.6) is 0 Å². The molecule has 1 aromatic rings. The van der Waals surface area contributed by atoms with Crippen molar-refractivity contribution in [1.82, 2.24) is 5.32 Å². The fourth-order valence-electron chi connectivity index (χ4n) is 3.54. The Hall–Kier alpha value is -1.13. The maximum Gasteiger partial charge on any atom is 0.244 e. The van der Waals surface area contributed by atoms with Crippen molar-refractivity contribution in [2.75, 3.05) is 18.5 Å². The molecule has 1 aliphatic heterocycles. The number of hydrogen-bond acceptors (Lipinski definition) is 2. The Labute approximate surface area is 123 Å². The predicted molar refractivity (Wildman–Crippen MR) is 77.4 cm³/mol. The van der Waals surface area contributed by atoms with Crippen molar-refractivity contribution >= 4 is 23.2 Å². The van der Waals surface area contributed by atoms with Gasteiger partial charge in [0, 0.05) is 7.05 Å². The maximum absolute atomic E-state index is 14.0. The highest BCUT2D eigenvalue weighted by atomic mass is 35.5. The van der Waals surface area contributed by atoms with Gasteiger partial charge in [-0.3, -0.25) is 4.79 Å². The quantitative estimate of drug-likeness (QED) is 0.910. The van der Waals surface area contributed by atoms with Crippen molar-refractivity contribution in [1.29, 1.82) is 0 Å². The van der Waals surface area contributed by atoms with E-state index in [1.807, 2.05) is 0 Å². The molecule has 0 bridgehead atoms. The number of anilines is 1. The molecule has 3 rings (SSSR count). The zero-order valence-corrected chi connectivity index (χ0v) is 12.2. The Morgan fingerprint density at radius 1 is 1.45 bits per heavy atom. The average Bonchev–Trinajstić information content (AvgIpc) is 3.03. The topological polar surface area (TPSA) is 32.3 Å². The van der Waals surface area contributed by atoms with Crippen LogP contribution in [0.2, 0.25) is 5.02 Å². The number of amides is 1. The molecule has 0 spiro atoms. The number of rotatable bonds is 2. The van der Waals surface area contributed by atoms with E-state index in [1.165, 1.54) is 23.8 Å². The van der Waals surface area contributed by atoms with Gasteiger partial charge in [0.1, 0.15) is 0 Å². The van der Waals surface area contributed by atoms with Crippen molar-refractivity contribution in [3.05, 3.63) is 29.0 Å². The molecule has 1 aromatic carbocycles. The van der Waals surface area contributed by atoms with Crippen LogP contribution >= 0.6 is 11.6 Å². The van der Waals surface area contributed by atoms with E-state index in [2.05, 4.69) is 5.32 Å². The summed E-state index contributed by atoms with van der Waals surface area (Å²) in [6.07, 6.45) is 3.46. The minimum absolute atomic E-state index is 0.0419. The molecule has 3 nitrogen and oxygen atoms in total. The normalized spacial score (nSPS) is 28.4. The highest BCUT2D eigenvalue weighted by Crippen LogP contribution is 2.38. The van der Waals surface area contributed by atoms with Gasteiger partial charge in [0.25, 0.3) is 0 Å². The summed E-state index contributed by atoms with van der Waals surface area (Å²) in [6, 6.07) is 4.54. The Morgan fingerprint density at radius 3 is 3.05 bits per heavy atom. The molecular weight excluding hydrogens is 279 g/mol. The van der Waals surface area contributed by atoms with Crippen LogP contribution < -0.4 is 10.2 Å². The van der Waals surface area contributed by atoms with Crippen molar-refractivity contribution in [2.24, 2.45) is 11.8 Å². The number of nitrogens with one attached hydrogen (secondary N) is 1. The Bertz CT molecular complexity index is 537. The third-order valence-electron chi connectivity index (χ3n) is 4.64. The van der Waals surface area contributed by atoms with Gasteiger partial charge in [0.15, 0.2) is 5.82 Å². The Morgan fingerprint density at radius 2 is 2.25 bits per heavy atom. The van der Waals surface area contributed by atoms with Crippen LogP contribution in [0.4, 0.5) is 10.1 Å². The highest BCUT2D eigenvalue weighted by Gasteiger charge is 2.43. The van der Waals surface area contributed by atoms with E-state index in [9.17, 15) is 9.18 Å². The maximum atomic E-state index is 14.0. The summed E-state index contributed by atoms with van der Waals surface area (Å²) in [7, 11) is 1.61. The van der Waals surface area contributed by atoms with Crippen LogP contribution in [-0.2, 0) is 4.79 Å². The van der Waals surface area contributed by atoms with Crippen LogP contribution in [0.3, 0.4) is 0 Å². The summed E-state index contributed by atoms with van der Waals surface area (Å²) >= 11 is 5.78. The molecule has 1 aliphatic carbocycles. The van der Waals surface area contributed by atoms with Gasteiger partial charge in [-0.25, -0.2) is 4.39 Å². The number of carbonyl (C=O) groups excluding carboxylic acids is 1. The molecule has 1 N–H and O–H groups in total. The molecular formula is C15H18ClFN2O. The molecule has 2 aliphatic rings. The molecule has 1 heterocycles. The summed E-state index contributed by atoms with van der Waals surface area (Å²) < 4.78 is 14.0. The standard InChI is InChI=1S/C15H18ClFN2O/c1-19(12-7-3-6-11(16)13(12)17)15(20)14-10-5-2-4-9(10)8-18-14/h3,6-7,9-10,14,18H,2,4-5,8H2,1H3/t9-,10-,14-/m0/s1. The lowest BCUT2D eigenvalue weighted by Gasteiger charge is -2.25. The van der Waals surface area contributed by atoms with Crippen LogP contribution in [0.25, 0.3) is 0 Å². The lowest BCUT2D eigenvalue weighted by molar-refractivity contribution is -0.121. The molecule has 0 radical (unpaired) electrons. The first-order chi connectivity index (χ1) is 9.59. The summed E-state index contributed by atoms with van der Waals surface area (Å²) in [4.78, 5) is 14.0. The molecule has 108 valence electrons. The van der Waals surface area contributed by atoms with Crippen molar-refractivity contribution in [3.63, 3.8) is 0 Å². The predicted octanol–water partition coefficient (Wildman–Crippen LogP) is 2.83. The third-order valence-corrected chi connectivity index (χ3v) is 4.93. The minimum Gasteiger partial charge on any atom is -0.311 e. The van der Waals surface area contributed by atoms with Crippen LogP contribution in [-0.4, -0.2) is 25.5 Å². The zero-order valence-electron chi connectivity index (χ0n) is 11.4. The SMILES string of the molecule is CN(C(=O)[C@H]1NC[C@@H]2CCC[C@@H]21)c1cccc(Cl)c1F. The van der Waals surface area contributed by atoms with E-state index >= 15 is 0 Å². The molecule has 1 saturated carbocycles. The second-order valence-corrected chi connectivity index (χ2v) is 6.12. The van der Waals surface area contributed by atoms with Gasteiger partial charge in [0.05, 0.1) is 16.8 Å². The largest absolute Gasteiger partial charge is 0.311 e. The molecule has 0 unspecified atom stereocenters. The summed E-state index contributed by atoms with van der Waals surface area (Å²) in [6.45, 7) is 0.896. The zero-order chi connectivity index (χ0) is 14.3. The number of benzene rings is 1. The second-order valence-electron chi connectivity index (χ2n) is 5.71. The number of likely N-dealkylation sites (N-methyl/N-ethyl adjacent to an activating group) is 1. The van der Waals surface area contributed by atoms with Crippen molar-refractivity contribution in [2.45, 2.75) is 25.3 Å². The number of hydrogen-bond donors (Lipinski definition) is 1. The van der Waals surface area contributed by atoms with E-state index in [1.54, 1.807) is 19.2 Å². The number of nitrogens with zero attached hydrogens (tertiary/aromatic N) is 1. The summed E-state index contributed by atoms with van der Waals surface area (Å²) in [5.74, 6) is 0.389. The molecule has 1 saturated heterocycles. The first kappa shape index (κ1) is 13.8. The molecule has 2 fully saturated rings. The number of carbonyl (C=O) groups is 1. The monoisotopic (exact) mass is 296 g/mol. The first-order valence-corrected chi connectivity index (χ1v) is 7.42. The smallest absolute Gasteiger partial charge is 0.244 e. The van der Waals surface area contributed by atoms with E-state index in [0.29, 0.717) is 11.8 Å². The van der Waals surface area contributed by atoms with E-state index in [-0.39, 0.29) is 22.7 Å². The van der Waals surface area contributed by atoms with Gasteiger partial charge >= 0.3 is 0 Å². The van der Waals surface area contributed by atoms with E-state index < -0.39 is 5.82 Å². The van der Waals surface area contributed by atoms with Gasteiger partial charge in [-0.1, -0.05) is 24.1 Å². The van der Waals surface area contributed by atoms with Gasteiger partial charge in [-0.15, -0.1) is 0 Å².